The summed E-state index contributed by atoms with van der Waals surface area (Å²) < 4.78 is 0. The maximum Gasteiger partial charge on any atom is 0.248 e. The van der Waals surface area contributed by atoms with Crippen molar-refractivity contribution in [2.75, 3.05) is 10.2 Å². The topological polar surface area (TPSA) is 112 Å². The van der Waals surface area contributed by atoms with Gasteiger partial charge in [-0.05, 0) is 67.6 Å². The normalized spacial score (nSPS) is 14.0. The molecule has 3 N–H and O–H groups in total. The second-order valence-electron chi connectivity index (χ2n) is 9.65. The fourth-order valence-electron chi connectivity index (χ4n) is 4.84. The number of para-hydroxylation sites is 1. The van der Waals surface area contributed by atoms with Gasteiger partial charge in [-0.25, -0.2) is 4.98 Å². The molecule has 1 aliphatic carbocycles. The highest BCUT2D eigenvalue weighted by atomic mass is 16.3. The van der Waals surface area contributed by atoms with E-state index in [4.69, 9.17) is 0 Å². The number of hydrogen-bond acceptors (Lipinski definition) is 5. The first-order chi connectivity index (χ1) is 18.4. The Bertz CT molecular complexity index is 1240. The summed E-state index contributed by atoms with van der Waals surface area (Å²) in [6.45, 7) is 1.90. The third kappa shape index (κ3) is 6.97. The van der Waals surface area contributed by atoms with Crippen molar-refractivity contribution >= 4 is 29.2 Å². The van der Waals surface area contributed by atoms with Gasteiger partial charge < -0.3 is 15.7 Å². The monoisotopic (exact) mass is 514 g/mol. The predicted molar refractivity (Wildman–Crippen MR) is 147 cm³/mol. The Hall–Kier alpha value is -4.20. The number of phenols is 1. The molecule has 38 heavy (non-hydrogen) atoms. The van der Waals surface area contributed by atoms with Gasteiger partial charge in [-0.15, -0.1) is 0 Å². The van der Waals surface area contributed by atoms with Crippen molar-refractivity contribution < 1.29 is 19.5 Å². The molecule has 0 bridgehead atoms. The van der Waals surface area contributed by atoms with Crippen LogP contribution in [0.1, 0.15) is 62.1 Å². The molecule has 198 valence electrons. The number of aryl methyl sites for hydroxylation is 1. The smallest absolute Gasteiger partial charge is 0.248 e. The lowest BCUT2D eigenvalue weighted by Gasteiger charge is -2.33. The third-order valence-corrected chi connectivity index (χ3v) is 6.79. The summed E-state index contributed by atoms with van der Waals surface area (Å²) in [5.74, 6) is -0.206. The van der Waals surface area contributed by atoms with Crippen LogP contribution in [-0.4, -0.2) is 33.9 Å². The first-order valence-corrected chi connectivity index (χ1v) is 13.1. The zero-order valence-corrected chi connectivity index (χ0v) is 21.6. The van der Waals surface area contributed by atoms with Crippen molar-refractivity contribution in [2.24, 2.45) is 0 Å². The van der Waals surface area contributed by atoms with Crippen LogP contribution in [0.2, 0.25) is 0 Å². The first-order valence-electron chi connectivity index (χ1n) is 13.1. The standard InChI is InChI=1S/C30H34N4O4/c1-21-9-2-5-12-25(21)34(28(37)15-8-14-27(36)33-26-13-6-7-20-31-26)29(22-16-18-24(35)19-17-22)30(38)32-23-10-3-4-11-23/h2,5-7,9,12-13,16-20,23,29,35H,3-4,8,10-11,14-15H2,1H3,(H,32,38)(H,31,33,36)/t29-/m1/s1. The lowest BCUT2D eigenvalue weighted by molar-refractivity contribution is -0.127. The maximum atomic E-state index is 13.8. The van der Waals surface area contributed by atoms with Crippen LogP contribution >= 0.6 is 0 Å². The number of phenolic OH excluding ortho intramolecular Hbond substituents is 1. The number of nitrogens with one attached hydrogen (secondary N) is 2. The molecule has 3 aromatic rings. The van der Waals surface area contributed by atoms with Crippen LogP contribution in [-0.2, 0) is 14.4 Å². The largest absolute Gasteiger partial charge is 0.508 e. The Morgan fingerprint density at radius 3 is 2.37 bits per heavy atom. The number of nitrogens with zero attached hydrogens (tertiary/aromatic N) is 2. The van der Waals surface area contributed by atoms with Crippen LogP contribution < -0.4 is 15.5 Å². The SMILES string of the molecule is Cc1ccccc1N(C(=O)CCCC(=O)Nc1ccccn1)[C@@H](C(=O)NC1CCCC1)c1ccc(O)cc1. The Kier molecular flexibility index (Phi) is 9.08. The van der Waals surface area contributed by atoms with Crippen molar-refractivity contribution in [3.05, 3.63) is 84.1 Å². The third-order valence-electron chi connectivity index (χ3n) is 6.79. The number of carbonyl (C=O) groups is 3. The second-order valence-corrected chi connectivity index (χ2v) is 9.65. The first kappa shape index (κ1) is 26.9. The second kappa shape index (κ2) is 12.9. The summed E-state index contributed by atoms with van der Waals surface area (Å²) in [5.41, 5.74) is 2.09. The molecule has 1 atom stereocenters. The zero-order chi connectivity index (χ0) is 26.9. The van der Waals surface area contributed by atoms with Crippen molar-refractivity contribution in [1.82, 2.24) is 10.3 Å². The minimum atomic E-state index is -0.924. The lowest BCUT2D eigenvalue weighted by Crippen LogP contribution is -2.46. The molecule has 1 saturated carbocycles. The van der Waals surface area contributed by atoms with Crippen molar-refractivity contribution in [1.29, 1.82) is 0 Å². The Labute approximate surface area is 223 Å². The highest BCUT2D eigenvalue weighted by Crippen LogP contribution is 2.33. The molecule has 0 radical (unpaired) electrons. The van der Waals surface area contributed by atoms with E-state index < -0.39 is 6.04 Å². The van der Waals surface area contributed by atoms with E-state index in [1.165, 1.54) is 12.1 Å². The van der Waals surface area contributed by atoms with E-state index >= 15 is 0 Å². The van der Waals surface area contributed by atoms with Crippen LogP contribution in [0.25, 0.3) is 0 Å². The molecular formula is C30H34N4O4. The van der Waals surface area contributed by atoms with E-state index in [2.05, 4.69) is 15.6 Å². The average molecular weight is 515 g/mol. The van der Waals surface area contributed by atoms with Gasteiger partial charge in [0.2, 0.25) is 17.7 Å². The molecule has 8 nitrogen and oxygen atoms in total. The Morgan fingerprint density at radius 2 is 1.68 bits per heavy atom. The zero-order valence-electron chi connectivity index (χ0n) is 21.6. The summed E-state index contributed by atoms with van der Waals surface area (Å²) in [6.07, 6.45) is 6.09. The van der Waals surface area contributed by atoms with Gasteiger partial charge in [0.05, 0.1) is 0 Å². The molecule has 1 aliphatic rings. The number of rotatable bonds is 10. The van der Waals surface area contributed by atoms with Gasteiger partial charge in [0.25, 0.3) is 0 Å². The van der Waals surface area contributed by atoms with Crippen LogP contribution in [0.3, 0.4) is 0 Å². The molecule has 0 aliphatic heterocycles. The number of carbonyl (C=O) groups excluding carboxylic acids is 3. The molecule has 1 heterocycles. The lowest BCUT2D eigenvalue weighted by atomic mass is 10.00. The molecule has 1 fully saturated rings. The molecule has 8 heteroatoms. The molecule has 0 unspecified atom stereocenters. The van der Waals surface area contributed by atoms with Crippen molar-refractivity contribution in [3.8, 4) is 5.75 Å². The van der Waals surface area contributed by atoms with E-state index in [0.29, 0.717) is 23.5 Å². The molecule has 4 rings (SSSR count). The number of amides is 3. The molecule has 1 aromatic heterocycles. The van der Waals surface area contributed by atoms with Gasteiger partial charge in [0, 0.05) is 30.8 Å². The summed E-state index contributed by atoms with van der Waals surface area (Å²) in [6, 6.07) is 18.3. The number of aromatic hydroxyl groups is 1. The highest BCUT2D eigenvalue weighted by molar-refractivity contribution is 6.02. The van der Waals surface area contributed by atoms with Gasteiger partial charge in [0.15, 0.2) is 0 Å². The quantitative estimate of drug-likeness (QED) is 0.351. The minimum Gasteiger partial charge on any atom is -0.508 e. The van der Waals surface area contributed by atoms with E-state index in [0.717, 1.165) is 31.2 Å². The Balaban J connectivity index is 1.58. The fourth-order valence-corrected chi connectivity index (χ4v) is 4.84. The van der Waals surface area contributed by atoms with Gasteiger partial charge in [-0.1, -0.05) is 49.2 Å². The summed E-state index contributed by atoms with van der Waals surface area (Å²) >= 11 is 0. The summed E-state index contributed by atoms with van der Waals surface area (Å²) in [7, 11) is 0. The van der Waals surface area contributed by atoms with Crippen LogP contribution in [0.4, 0.5) is 11.5 Å². The number of aromatic nitrogens is 1. The van der Waals surface area contributed by atoms with Gasteiger partial charge in [-0.3, -0.25) is 19.3 Å². The number of benzene rings is 2. The van der Waals surface area contributed by atoms with Gasteiger partial charge >= 0.3 is 0 Å². The maximum absolute atomic E-state index is 13.8. The average Bonchev–Trinajstić information content (AvgIpc) is 3.42. The number of hydrogen-bond donors (Lipinski definition) is 3. The van der Waals surface area contributed by atoms with Crippen LogP contribution in [0.15, 0.2) is 72.9 Å². The molecule has 0 saturated heterocycles. The summed E-state index contributed by atoms with van der Waals surface area (Å²) in [5, 5.41) is 15.8. The predicted octanol–water partition coefficient (Wildman–Crippen LogP) is 5.04. The van der Waals surface area contributed by atoms with Crippen LogP contribution in [0.5, 0.6) is 5.75 Å². The number of pyridine rings is 1. The van der Waals surface area contributed by atoms with Crippen molar-refractivity contribution in [2.45, 2.75) is 64.0 Å². The van der Waals surface area contributed by atoms with Gasteiger partial charge in [-0.2, -0.15) is 0 Å². The molecule has 0 spiro atoms. The molecule has 2 aromatic carbocycles. The van der Waals surface area contributed by atoms with Crippen molar-refractivity contribution in [3.63, 3.8) is 0 Å². The highest BCUT2D eigenvalue weighted by Gasteiger charge is 2.34. The van der Waals surface area contributed by atoms with E-state index in [1.807, 2.05) is 31.2 Å². The molecule has 3 amide bonds. The summed E-state index contributed by atoms with van der Waals surface area (Å²) in [4.78, 5) is 45.6. The Morgan fingerprint density at radius 1 is 0.974 bits per heavy atom. The van der Waals surface area contributed by atoms with Gasteiger partial charge in [0.1, 0.15) is 17.6 Å². The van der Waals surface area contributed by atoms with E-state index in [1.54, 1.807) is 41.4 Å². The van der Waals surface area contributed by atoms with Crippen LogP contribution in [0, 0.1) is 6.92 Å². The van der Waals surface area contributed by atoms with E-state index in [9.17, 15) is 19.5 Å². The fraction of sp³-hybridized carbons (Fsp3) is 0.333. The van der Waals surface area contributed by atoms with E-state index in [-0.39, 0.29) is 42.4 Å². The molecular weight excluding hydrogens is 480 g/mol. The number of anilines is 2. The minimum absolute atomic E-state index is 0.0752.